The van der Waals surface area contributed by atoms with Gasteiger partial charge in [-0.2, -0.15) is 0 Å². The molecule has 4 nitrogen and oxygen atoms in total. The van der Waals surface area contributed by atoms with Crippen LogP contribution in [0, 0.1) is 5.92 Å². The van der Waals surface area contributed by atoms with Gasteiger partial charge in [0.05, 0.1) is 6.61 Å². The summed E-state index contributed by atoms with van der Waals surface area (Å²) >= 11 is 0. The molecule has 1 atom stereocenters. The van der Waals surface area contributed by atoms with Gasteiger partial charge >= 0.3 is 11.9 Å². The highest BCUT2D eigenvalue weighted by Crippen LogP contribution is 2.11. The van der Waals surface area contributed by atoms with Crippen LogP contribution in [0.2, 0.25) is 0 Å². The smallest absolute Gasteiger partial charge is 0.331 e. The number of rotatable bonds is 16. The highest BCUT2D eigenvalue weighted by atomic mass is 16.5. The summed E-state index contributed by atoms with van der Waals surface area (Å²) in [7, 11) is 0. The van der Waals surface area contributed by atoms with E-state index in [9.17, 15) is 9.59 Å². The van der Waals surface area contributed by atoms with Gasteiger partial charge in [-0.05, 0) is 18.8 Å². The van der Waals surface area contributed by atoms with Gasteiger partial charge in [-0.25, -0.2) is 9.59 Å². The third-order valence-electron chi connectivity index (χ3n) is 4.51. The number of unbranched alkanes of at least 4 members (excludes halogenated alkanes) is 9. The van der Waals surface area contributed by atoms with Crippen molar-refractivity contribution in [3.63, 3.8) is 0 Å². The topological polar surface area (TPSA) is 52.6 Å². The fraction of sp³-hybridized carbons (Fsp3) is 0.818. The first-order valence-corrected chi connectivity index (χ1v) is 10.6. The molecule has 0 bridgehead atoms. The van der Waals surface area contributed by atoms with Crippen LogP contribution in [-0.2, 0) is 19.1 Å². The first kappa shape index (κ1) is 24.7. The van der Waals surface area contributed by atoms with Crippen molar-refractivity contribution >= 4 is 11.9 Å². The summed E-state index contributed by atoms with van der Waals surface area (Å²) in [6, 6.07) is 0. The van der Waals surface area contributed by atoms with Gasteiger partial charge in [-0.1, -0.05) is 85.5 Å². The van der Waals surface area contributed by atoms with E-state index >= 15 is 0 Å². The van der Waals surface area contributed by atoms with Crippen LogP contribution in [0.3, 0.4) is 0 Å². The van der Waals surface area contributed by atoms with Crippen LogP contribution in [0.4, 0.5) is 0 Å². The van der Waals surface area contributed by atoms with Gasteiger partial charge in [0.25, 0.3) is 0 Å². The second-order valence-corrected chi connectivity index (χ2v) is 7.31. The molecule has 0 amide bonds. The third kappa shape index (κ3) is 15.0. The van der Waals surface area contributed by atoms with Crippen molar-refractivity contribution in [1.82, 2.24) is 0 Å². The maximum absolute atomic E-state index is 11.7. The maximum Gasteiger partial charge on any atom is 0.331 e. The quantitative estimate of drug-likeness (QED) is 0.191. The van der Waals surface area contributed by atoms with Gasteiger partial charge in [0.15, 0.2) is 0 Å². The Hall–Kier alpha value is -1.32. The molecule has 0 radical (unpaired) electrons. The Labute approximate surface area is 160 Å². The first-order chi connectivity index (χ1) is 12.5. The van der Waals surface area contributed by atoms with Crippen LogP contribution >= 0.6 is 0 Å². The van der Waals surface area contributed by atoms with Crippen molar-refractivity contribution in [2.24, 2.45) is 5.92 Å². The number of hydrogen-bond acceptors (Lipinski definition) is 4. The monoisotopic (exact) mass is 368 g/mol. The lowest BCUT2D eigenvalue weighted by molar-refractivity contribution is -0.146. The van der Waals surface area contributed by atoms with Crippen LogP contribution in [0.5, 0.6) is 0 Å². The highest BCUT2D eigenvalue weighted by molar-refractivity contribution is 5.91. The molecule has 0 saturated heterocycles. The Balaban J connectivity index is 3.60. The van der Waals surface area contributed by atoms with Crippen LogP contribution in [0.15, 0.2) is 12.2 Å². The van der Waals surface area contributed by atoms with Crippen LogP contribution in [0.25, 0.3) is 0 Å². The van der Waals surface area contributed by atoms with Crippen molar-refractivity contribution in [1.29, 1.82) is 0 Å². The standard InChI is InChI=1S/C22H40O4/c1-5-7-8-9-10-11-12-13-14-15-18-25-21(23)16-17-22(24)26-20(6-2)19(3)4/h16-17,19-20H,5-15,18H2,1-4H3/b17-16+. The zero-order valence-electron chi connectivity index (χ0n) is 17.4. The van der Waals surface area contributed by atoms with Crippen LogP contribution in [0.1, 0.15) is 98.3 Å². The average molecular weight is 369 g/mol. The molecule has 0 fully saturated rings. The van der Waals surface area contributed by atoms with E-state index in [2.05, 4.69) is 6.92 Å². The molecule has 0 heterocycles. The van der Waals surface area contributed by atoms with Gasteiger partial charge in [0.2, 0.25) is 0 Å². The number of ether oxygens (including phenoxy) is 2. The highest BCUT2D eigenvalue weighted by Gasteiger charge is 2.14. The summed E-state index contributed by atoms with van der Waals surface area (Å²) in [5.74, 6) is -0.697. The molecular weight excluding hydrogens is 328 g/mol. The SMILES string of the molecule is CCCCCCCCCCCCOC(=O)/C=C/C(=O)OC(CC)C(C)C. The van der Waals surface area contributed by atoms with E-state index < -0.39 is 11.9 Å². The number of carbonyl (C=O) groups excluding carboxylic acids is 2. The zero-order chi connectivity index (χ0) is 19.6. The fourth-order valence-electron chi connectivity index (χ4n) is 2.83. The summed E-state index contributed by atoms with van der Waals surface area (Å²) in [5, 5.41) is 0. The minimum absolute atomic E-state index is 0.116. The van der Waals surface area contributed by atoms with E-state index in [0.29, 0.717) is 6.61 Å². The molecule has 26 heavy (non-hydrogen) atoms. The summed E-state index contributed by atoms with van der Waals surface area (Å²) in [6.45, 7) is 8.64. The molecule has 0 aromatic heterocycles. The predicted octanol–water partition coefficient (Wildman–Crippen LogP) is 5.98. The molecule has 0 spiro atoms. The van der Waals surface area contributed by atoms with Crippen molar-refractivity contribution in [2.45, 2.75) is 104 Å². The van der Waals surface area contributed by atoms with Crippen molar-refractivity contribution in [3.8, 4) is 0 Å². The molecule has 0 saturated carbocycles. The Bertz CT molecular complexity index is 388. The number of esters is 2. The second kappa shape index (κ2) is 17.1. The normalized spacial score (nSPS) is 12.5. The molecule has 0 rings (SSSR count). The Morgan fingerprint density at radius 3 is 1.77 bits per heavy atom. The van der Waals surface area contributed by atoms with E-state index in [0.717, 1.165) is 31.4 Å². The molecular formula is C22H40O4. The van der Waals surface area contributed by atoms with E-state index in [4.69, 9.17) is 9.47 Å². The molecule has 4 heteroatoms. The number of carbonyl (C=O) groups is 2. The zero-order valence-corrected chi connectivity index (χ0v) is 17.4. The summed E-state index contributed by atoms with van der Waals surface area (Å²) in [6.07, 6.45) is 15.4. The predicted molar refractivity (Wildman–Crippen MR) is 107 cm³/mol. The van der Waals surface area contributed by atoms with E-state index in [1.165, 1.54) is 51.4 Å². The minimum Gasteiger partial charge on any atom is -0.463 e. The lowest BCUT2D eigenvalue weighted by atomic mass is 10.1. The lowest BCUT2D eigenvalue weighted by Gasteiger charge is -2.18. The van der Waals surface area contributed by atoms with E-state index in [1.807, 2.05) is 20.8 Å². The van der Waals surface area contributed by atoms with Crippen molar-refractivity contribution in [3.05, 3.63) is 12.2 Å². The fourth-order valence-corrected chi connectivity index (χ4v) is 2.83. The molecule has 0 N–H and O–H groups in total. The Morgan fingerprint density at radius 2 is 1.27 bits per heavy atom. The van der Waals surface area contributed by atoms with Gasteiger partial charge in [-0.3, -0.25) is 0 Å². The first-order valence-electron chi connectivity index (χ1n) is 10.6. The molecule has 1 unspecified atom stereocenters. The third-order valence-corrected chi connectivity index (χ3v) is 4.51. The average Bonchev–Trinajstić information content (AvgIpc) is 2.62. The molecule has 0 aromatic carbocycles. The van der Waals surface area contributed by atoms with Gasteiger partial charge in [0.1, 0.15) is 6.10 Å². The van der Waals surface area contributed by atoms with Gasteiger partial charge in [-0.15, -0.1) is 0 Å². The maximum atomic E-state index is 11.7. The molecule has 152 valence electrons. The molecule has 0 aliphatic carbocycles. The number of hydrogen-bond donors (Lipinski definition) is 0. The summed E-state index contributed by atoms with van der Waals surface area (Å²) < 4.78 is 10.4. The summed E-state index contributed by atoms with van der Waals surface area (Å²) in [5.41, 5.74) is 0. The molecule has 0 aliphatic rings. The van der Waals surface area contributed by atoms with Gasteiger partial charge in [0, 0.05) is 12.2 Å². The summed E-state index contributed by atoms with van der Waals surface area (Å²) in [4.78, 5) is 23.2. The molecule has 0 aromatic rings. The van der Waals surface area contributed by atoms with Crippen molar-refractivity contribution in [2.75, 3.05) is 6.61 Å². The minimum atomic E-state index is -0.485. The van der Waals surface area contributed by atoms with Crippen LogP contribution < -0.4 is 0 Å². The van der Waals surface area contributed by atoms with Gasteiger partial charge < -0.3 is 9.47 Å². The second-order valence-electron chi connectivity index (χ2n) is 7.31. The largest absolute Gasteiger partial charge is 0.463 e. The Kier molecular flexibility index (Phi) is 16.2. The van der Waals surface area contributed by atoms with E-state index in [-0.39, 0.29) is 12.0 Å². The lowest BCUT2D eigenvalue weighted by Crippen LogP contribution is -2.21. The molecule has 0 aliphatic heterocycles. The van der Waals surface area contributed by atoms with E-state index in [1.54, 1.807) is 0 Å². The van der Waals surface area contributed by atoms with Crippen molar-refractivity contribution < 1.29 is 19.1 Å². The Morgan fingerprint density at radius 1 is 0.769 bits per heavy atom. The van der Waals surface area contributed by atoms with Crippen LogP contribution in [-0.4, -0.2) is 24.6 Å².